The molecule has 0 saturated heterocycles. The van der Waals surface area contributed by atoms with Crippen molar-refractivity contribution in [3.63, 3.8) is 0 Å². The van der Waals surface area contributed by atoms with E-state index in [0.29, 0.717) is 23.6 Å². The summed E-state index contributed by atoms with van der Waals surface area (Å²) < 4.78 is 0. The largest absolute Gasteiger partial charge is 0.494 e. The standard InChI is InChI=1S/C14H15N3O2/c1-2-13(18)16-11-8-5-9-12(15-11)17-14(19)10-6-3-4-7-10/h3-9,19H,2H2,1H3,(H2,15,16,17,18). The van der Waals surface area contributed by atoms with Gasteiger partial charge in [-0.2, -0.15) is 0 Å². The second-order valence-corrected chi connectivity index (χ2v) is 3.96. The lowest BCUT2D eigenvalue weighted by molar-refractivity contribution is -0.115. The van der Waals surface area contributed by atoms with Crippen LogP contribution in [0.4, 0.5) is 11.6 Å². The van der Waals surface area contributed by atoms with Crippen molar-refractivity contribution < 1.29 is 9.90 Å². The van der Waals surface area contributed by atoms with E-state index in [-0.39, 0.29) is 11.8 Å². The lowest BCUT2D eigenvalue weighted by atomic mass is 10.3. The first-order chi connectivity index (χ1) is 9.19. The molecule has 0 spiro atoms. The summed E-state index contributed by atoms with van der Waals surface area (Å²) >= 11 is 0. The van der Waals surface area contributed by atoms with Gasteiger partial charge in [0.05, 0.1) is 0 Å². The molecule has 1 amide bonds. The van der Waals surface area contributed by atoms with Gasteiger partial charge >= 0.3 is 0 Å². The Morgan fingerprint density at radius 2 is 1.84 bits per heavy atom. The van der Waals surface area contributed by atoms with Crippen molar-refractivity contribution in [2.75, 3.05) is 10.6 Å². The maximum Gasteiger partial charge on any atom is 0.225 e. The van der Waals surface area contributed by atoms with E-state index in [1.165, 1.54) is 0 Å². The number of allylic oxidation sites excluding steroid dienone is 5. The van der Waals surface area contributed by atoms with Crippen LogP contribution < -0.4 is 10.6 Å². The number of aliphatic hydroxyl groups excluding tert-OH is 1. The number of aliphatic hydroxyl groups is 1. The molecule has 1 heterocycles. The first-order valence-electron chi connectivity index (χ1n) is 6.01. The quantitative estimate of drug-likeness (QED) is 0.725. The van der Waals surface area contributed by atoms with Gasteiger partial charge in [0.15, 0.2) is 5.88 Å². The van der Waals surface area contributed by atoms with E-state index in [1.54, 1.807) is 37.3 Å². The molecule has 0 atom stereocenters. The number of carbonyl (C=O) groups excluding carboxylic acids is 1. The Labute approximate surface area is 111 Å². The van der Waals surface area contributed by atoms with E-state index in [2.05, 4.69) is 15.6 Å². The number of amides is 1. The van der Waals surface area contributed by atoms with Gasteiger partial charge in [0.2, 0.25) is 5.91 Å². The van der Waals surface area contributed by atoms with E-state index >= 15 is 0 Å². The first-order valence-corrected chi connectivity index (χ1v) is 6.01. The van der Waals surface area contributed by atoms with Crippen LogP contribution in [0.5, 0.6) is 0 Å². The van der Waals surface area contributed by atoms with Crippen molar-refractivity contribution in [2.24, 2.45) is 0 Å². The maximum absolute atomic E-state index is 11.3. The minimum Gasteiger partial charge on any atom is -0.494 e. The Hall–Kier alpha value is -2.56. The van der Waals surface area contributed by atoms with E-state index in [1.807, 2.05) is 12.2 Å². The highest BCUT2D eigenvalue weighted by Gasteiger charge is 2.05. The van der Waals surface area contributed by atoms with Crippen molar-refractivity contribution in [2.45, 2.75) is 13.3 Å². The summed E-state index contributed by atoms with van der Waals surface area (Å²) in [4.78, 5) is 15.5. The van der Waals surface area contributed by atoms with E-state index in [9.17, 15) is 9.90 Å². The van der Waals surface area contributed by atoms with Gasteiger partial charge in [0.25, 0.3) is 0 Å². The SMILES string of the molecule is CCC(=O)Nc1cccc(NC(O)=C2C=CC=C2)n1. The van der Waals surface area contributed by atoms with Crippen molar-refractivity contribution >= 4 is 17.5 Å². The number of aromatic nitrogens is 1. The van der Waals surface area contributed by atoms with Gasteiger partial charge < -0.3 is 15.7 Å². The number of hydrogen-bond acceptors (Lipinski definition) is 4. The highest BCUT2D eigenvalue weighted by molar-refractivity contribution is 5.89. The monoisotopic (exact) mass is 257 g/mol. The summed E-state index contributed by atoms with van der Waals surface area (Å²) in [6.07, 6.45) is 7.62. The Balaban J connectivity index is 2.11. The van der Waals surface area contributed by atoms with Crippen LogP contribution in [0.1, 0.15) is 13.3 Å². The first kappa shape index (κ1) is 12.9. The number of carbonyl (C=O) groups is 1. The third-order valence-electron chi connectivity index (χ3n) is 2.52. The topological polar surface area (TPSA) is 74.2 Å². The average molecular weight is 257 g/mol. The number of pyridine rings is 1. The Morgan fingerprint density at radius 3 is 2.47 bits per heavy atom. The lowest BCUT2D eigenvalue weighted by Crippen LogP contribution is -2.11. The molecule has 2 rings (SSSR count). The van der Waals surface area contributed by atoms with Crippen molar-refractivity contribution in [1.29, 1.82) is 0 Å². The molecular weight excluding hydrogens is 242 g/mol. The third kappa shape index (κ3) is 3.45. The molecule has 0 aliphatic heterocycles. The average Bonchev–Trinajstić information content (AvgIpc) is 2.93. The number of hydrogen-bond donors (Lipinski definition) is 3. The molecule has 5 nitrogen and oxygen atoms in total. The molecule has 0 unspecified atom stereocenters. The number of rotatable bonds is 4. The molecular formula is C14H15N3O2. The maximum atomic E-state index is 11.3. The van der Waals surface area contributed by atoms with Crippen LogP contribution in [0.2, 0.25) is 0 Å². The molecule has 0 bridgehead atoms. The van der Waals surface area contributed by atoms with Gasteiger partial charge in [-0.25, -0.2) is 4.98 Å². The van der Waals surface area contributed by atoms with E-state index in [0.717, 1.165) is 0 Å². The second kappa shape index (κ2) is 5.86. The summed E-state index contributed by atoms with van der Waals surface area (Å²) in [6, 6.07) is 5.15. The van der Waals surface area contributed by atoms with Crippen LogP contribution in [-0.2, 0) is 4.79 Å². The molecule has 1 aliphatic carbocycles. The van der Waals surface area contributed by atoms with Gasteiger partial charge in [0, 0.05) is 12.0 Å². The fourth-order valence-corrected chi connectivity index (χ4v) is 1.53. The van der Waals surface area contributed by atoms with E-state index in [4.69, 9.17) is 0 Å². The summed E-state index contributed by atoms with van der Waals surface area (Å²) in [5.41, 5.74) is 0.685. The van der Waals surface area contributed by atoms with Crippen LogP contribution >= 0.6 is 0 Å². The summed E-state index contributed by atoms with van der Waals surface area (Å²) in [5.74, 6) is 0.838. The number of anilines is 2. The van der Waals surface area contributed by atoms with Crippen molar-refractivity contribution in [3.8, 4) is 0 Å². The molecule has 19 heavy (non-hydrogen) atoms. The second-order valence-electron chi connectivity index (χ2n) is 3.96. The van der Waals surface area contributed by atoms with Crippen LogP contribution in [-0.4, -0.2) is 16.0 Å². The van der Waals surface area contributed by atoms with Crippen LogP contribution in [0.25, 0.3) is 0 Å². The zero-order valence-electron chi connectivity index (χ0n) is 10.6. The van der Waals surface area contributed by atoms with Gasteiger partial charge in [-0.3, -0.25) is 4.79 Å². The summed E-state index contributed by atoms with van der Waals surface area (Å²) in [5, 5.41) is 15.3. The minimum atomic E-state index is -0.103. The summed E-state index contributed by atoms with van der Waals surface area (Å²) in [6.45, 7) is 1.77. The normalized spacial score (nSPS) is 12.6. The van der Waals surface area contributed by atoms with Gasteiger partial charge in [-0.05, 0) is 24.3 Å². The molecule has 3 N–H and O–H groups in total. The zero-order chi connectivity index (χ0) is 13.7. The number of nitrogens with one attached hydrogen (secondary N) is 2. The molecule has 0 aromatic carbocycles. The molecule has 0 radical (unpaired) electrons. The Morgan fingerprint density at radius 1 is 1.21 bits per heavy atom. The molecule has 1 aromatic heterocycles. The minimum absolute atomic E-state index is 0.0245. The summed E-state index contributed by atoms with van der Waals surface area (Å²) in [7, 11) is 0. The third-order valence-corrected chi connectivity index (χ3v) is 2.52. The molecule has 5 heteroatoms. The molecule has 98 valence electrons. The van der Waals surface area contributed by atoms with Crippen molar-refractivity contribution in [1.82, 2.24) is 4.98 Å². The lowest BCUT2D eigenvalue weighted by Gasteiger charge is -2.08. The van der Waals surface area contributed by atoms with Gasteiger partial charge in [0.1, 0.15) is 11.6 Å². The molecule has 1 aromatic rings. The predicted molar refractivity (Wildman–Crippen MR) is 74.7 cm³/mol. The zero-order valence-corrected chi connectivity index (χ0v) is 10.6. The molecule has 0 saturated carbocycles. The van der Waals surface area contributed by atoms with Crippen molar-refractivity contribution in [3.05, 3.63) is 54.0 Å². The van der Waals surface area contributed by atoms with Crippen LogP contribution in [0.3, 0.4) is 0 Å². The fourth-order valence-electron chi connectivity index (χ4n) is 1.53. The Kier molecular flexibility index (Phi) is 3.97. The van der Waals surface area contributed by atoms with E-state index < -0.39 is 0 Å². The highest BCUT2D eigenvalue weighted by Crippen LogP contribution is 2.15. The molecule has 1 aliphatic rings. The fraction of sp³-hybridized carbons (Fsp3) is 0.143. The van der Waals surface area contributed by atoms with Crippen LogP contribution in [0.15, 0.2) is 54.0 Å². The van der Waals surface area contributed by atoms with Gasteiger partial charge in [-0.15, -0.1) is 0 Å². The Bertz CT molecular complexity index is 560. The van der Waals surface area contributed by atoms with Crippen LogP contribution in [0, 0.1) is 0 Å². The number of nitrogens with zero attached hydrogens (tertiary/aromatic N) is 1. The highest BCUT2D eigenvalue weighted by atomic mass is 16.3. The smallest absolute Gasteiger partial charge is 0.225 e. The van der Waals surface area contributed by atoms with Gasteiger partial charge in [-0.1, -0.05) is 25.1 Å². The predicted octanol–water partition coefficient (Wildman–Crippen LogP) is 2.74. The molecule has 0 fully saturated rings.